The van der Waals surface area contributed by atoms with Gasteiger partial charge in [0.05, 0.1) is 5.52 Å². The van der Waals surface area contributed by atoms with Gasteiger partial charge in [0, 0.05) is 25.2 Å². The second kappa shape index (κ2) is 13.9. The number of imidazole rings is 1. The number of halogens is 5. The van der Waals surface area contributed by atoms with Gasteiger partial charge in [-0.2, -0.15) is 13.2 Å². The molecule has 0 spiro atoms. The number of nitrogens with one attached hydrogen (secondary N) is 2. The normalized spacial score (nSPS) is 21.4. The van der Waals surface area contributed by atoms with Crippen molar-refractivity contribution in [1.29, 1.82) is 0 Å². The van der Waals surface area contributed by atoms with E-state index in [9.17, 15) is 36.3 Å². The zero-order valence-corrected chi connectivity index (χ0v) is 21.8. The van der Waals surface area contributed by atoms with E-state index >= 15 is 0 Å². The van der Waals surface area contributed by atoms with Crippen LogP contribution in [0.2, 0.25) is 0 Å². The molecule has 2 fully saturated rings. The van der Waals surface area contributed by atoms with E-state index in [4.69, 9.17) is 0 Å². The van der Waals surface area contributed by atoms with Crippen molar-refractivity contribution in [1.82, 2.24) is 29.7 Å². The topological polar surface area (TPSA) is 135 Å². The quantitative estimate of drug-likeness (QED) is 0.341. The van der Waals surface area contributed by atoms with E-state index in [0.29, 0.717) is 28.9 Å². The van der Waals surface area contributed by atoms with Gasteiger partial charge in [0.25, 0.3) is 0 Å². The molecule has 5 rings (SSSR count). The fourth-order valence-electron chi connectivity index (χ4n) is 5.65. The minimum absolute atomic E-state index is 0. The van der Waals surface area contributed by atoms with Gasteiger partial charge in [0.2, 0.25) is 5.91 Å². The summed E-state index contributed by atoms with van der Waals surface area (Å²) in [6, 6.07) is 4.73. The Bertz CT molecular complexity index is 1480. The summed E-state index contributed by atoms with van der Waals surface area (Å²) in [5.41, 5.74) is 0.227. The number of carbonyl (C=O) groups is 2. The van der Waals surface area contributed by atoms with Crippen LogP contribution in [0, 0.1) is 11.6 Å². The first-order valence-corrected chi connectivity index (χ1v) is 13.0. The molecule has 1 unspecified atom stereocenters. The zero-order chi connectivity index (χ0) is 28.6. The number of nitrogens with zero attached hydrogens (tertiary/aromatic N) is 4. The van der Waals surface area contributed by atoms with Crippen LogP contribution < -0.4 is 11.0 Å². The molecule has 1 aromatic carbocycles. The van der Waals surface area contributed by atoms with Crippen LogP contribution in [-0.4, -0.2) is 125 Å². The van der Waals surface area contributed by atoms with Gasteiger partial charge in [0.1, 0.15) is 18.8 Å². The average Bonchev–Trinajstić information content (AvgIpc) is 3.17. The number of amides is 3. The maximum absolute atomic E-state index is 14.5. The Hall–Kier alpha value is -2.37. The molecule has 3 aromatic rings. The SMILES string of the molecule is O.O=C1[C@H](NC(=O)N2CCCCC2n2c(=O)[nH]c3ncccc32)CC[C@@H](c2cccc(F)c2F)CN1CC(F)(F)F.[KH]. The number of piperidine rings is 1. The Balaban J connectivity index is 0.00000242. The van der Waals surface area contributed by atoms with Crippen LogP contribution in [0.4, 0.5) is 26.7 Å². The molecule has 0 radical (unpaired) electrons. The van der Waals surface area contributed by atoms with Crippen LogP contribution in [0.3, 0.4) is 0 Å². The number of likely N-dealkylation sites (tertiary alicyclic amines) is 2. The van der Waals surface area contributed by atoms with Crippen molar-refractivity contribution in [2.45, 2.75) is 56.4 Å². The van der Waals surface area contributed by atoms with E-state index in [0.717, 1.165) is 12.5 Å². The molecule has 3 amide bonds. The molecule has 2 aliphatic heterocycles. The summed E-state index contributed by atoms with van der Waals surface area (Å²) >= 11 is 0. The zero-order valence-electron chi connectivity index (χ0n) is 21.8. The summed E-state index contributed by atoms with van der Waals surface area (Å²) < 4.78 is 70.1. The summed E-state index contributed by atoms with van der Waals surface area (Å²) in [4.78, 5) is 48.2. The number of hydrogen-bond donors (Lipinski definition) is 2. The summed E-state index contributed by atoms with van der Waals surface area (Å²) in [5, 5.41) is 2.57. The summed E-state index contributed by atoms with van der Waals surface area (Å²) in [5.74, 6) is -4.20. The summed E-state index contributed by atoms with van der Waals surface area (Å²) in [6.45, 7) is -1.84. The number of pyridine rings is 1. The van der Waals surface area contributed by atoms with E-state index in [1.165, 1.54) is 27.8 Å². The number of carbonyl (C=O) groups excluding carboxylic acids is 2. The Kier molecular flexibility index (Phi) is 11.3. The number of aromatic amines is 1. The standard InChI is InChI=1S/C26H27F5N6O3.K.H2O.H/c27-17-6-3-5-16(21(17)28)15-9-10-18(23(38)35(13-15)14-26(29,30)31)33-24(39)36-12-2-1-8-20(36)37-19-7-4-11-32-22(19)34-25(37)40;;;/h3-7,11,15,18,20H,1-2,8-10,12-14H2,(H,33,39)(H,32,34,40);;1H2;/t15-,18-,20?;;;/m1.../s1. The molecule has 4 heterocycles. The Morgan fingerprint density at radius 2 is 1.83 bits per heavy atom. The number of fused-ring (bicyclic) bond motifs is 1. The van der Waals surface area contributed by atoms with Crippen molar-refractivity contribution in [3.05, 3.63) is 64.2 Å². The molecule has 16 heteroatoms. The van der Waals surface area contributed by atoms with E-state index in [1.807, 2.05) is 0 Å². The third-order valence-electron chi connectivity index (χ3n) is 7.46. The van der Waals surface area contributed by atoms with Crippen molar-refractivity contribution in [3.63, 3.8) is 0 Å². The van der Waals surface area contributed by atoms with Gasteiger partial charge in [-0.25, -0.2) is 23.4 Å². The van der Waals surface area contributed by atoms with Crippen LogP contribution in [0.5, 0.6) is 0 Å². The molecule has 0 saturated carbocycles. The van der Waals surface area contributed by atoms with Crippen LogP contribution >= 0.6 is 0 Å². The van der Waals surface area contributed by atoms with Crippen molar-refractivity contribution in [2.24, 2.45) is 0 Å². The maximum atomic E-state index is 14.5. The van der Waals surface area contributed by atoms with Crippen LogP contribution in [0.15, 0.2) is 41.3 Å². The van der Waals surface area contributed by atoms with Gasteiger partial charge in [-0.05, 0) is 55.9 Å². The molecule has 0 bridgehead atoms. The monoisotopic (exact) mass is 624 g/mol. The number of alkyl halides is 3. The van der Waals surface area contributed by atoms with Gasteiger partial charge in [0.15, 0.2) is 17.3 Å². The Morgan fingerprint density at radius 1 is 1.07 bits per heavy atom. The molecule has 224 valence electrons. The van der Waals surface area contributed by atoms with Crippen molar-refractivity contribution in [3.8, 4) is 0 Å². The van der Waals surface area contributed by atoms with Crippen LogP contribution in [0.25, 0.3) is 11.2 Å². The van der Waals surface area contributed by atoms with Gasteiger partial charge >= 0.3 is 69.3 Å². The van der Waals surface area contributed by atoms with E-state index < -0.39 is 66.7 Å². The number of benzene rings is 1. The van der Waals surface area contributed by atoms with Gasteiger partial charge in [-0.15, -0.1) is 0 Å². The molecule has 2 saturated heterocycles. The number of urea groups is 1. The van der Waals surface area contributed by atoms with Crippen LogP contribution in [0.1, 0.15) is 49.8 Å². The fraction of sp³-hybridized carbons (Fsp3) is 0.462. The van der Waals surface area contributed by atoms with Crippen molar-refractivity contribution in [2.75, 3.05) is 19.6 Å². The van der Waals surface area contributed by atoms with Gasteiger partial charge in [-0.3, -0.25) is 14.3 Å². The Labute approximate surface area is 279 Å². The number of rotatable bonds is 4. The number of hydrogen-bond acceptors (Lipinski definition) is 4. The third kappa shape index (κ3) is 7.22. The fourth-order valence-corrected chi connectivity index (χ4v) is 5.65. The van der Waals surface area contributed by atoms with Crippen molar-refractivity contribution < 1.29 is 37.0 Å². The summed E-state index contributed by atoms with van der Waals surface area (Å²) in [7, 11) is 0. The molecular formula is C26H30F5KN6O4. The predicted molar refractivity (Wildman–Crippen MR) is 144 cm³/mol. The predicted octanol–water partition coefficient (Wildman–Crippen LogP) is 2.56. The molecule has 42 heavy (non-hydrogen) atoms. The summed E-state index contributed by atoms with van der Waals surface area (Å²) in [6.07, 6.45) is -2.22. The molecular weight excluding hydrogens is 594 g/mol. The first kappa shape index (κ1) is 34.1. The van der Waals surface area contributed by atoms with Crippen LogP contribution in [-0.2, 0) is 4.79 Å². The molecule has 10 nitrogen and oxygen atoms in total. The van der Waals surface area contributed by atoms with E-state index in [-0.39, 0.29) is 81.8 Å². The van der Waals surface area contributed by atoms with Crippen molar-refractivity contribution >= 4 is 74.5 Å². The second-order valence-electron chi connectivity index (χ2n) is 10.1. The molecule has 4 N–H and O–H groups in total. The van der Waals surface area contributed by atoms with Gasteiger partial charge in [-0.1, -0.05) is 12.1 Å². The molecule has 3 atom stereocenters. The Morgan fingerprint density at radius 3 is 2.57 bits per heavy atom. The first-order chi connectivity index (χ1) is 19.0. The molecule has 2 aliphatic rings. The van der Waals surface area contributed by atoms with Gasteiger partial charge < -0.3 is 20.6 Å². The number of aromatic nitrogens is 3. The number of H-pyrrole nitrogens is 1. The molecule has 2 aromatic heterocycles. The second-order valence-corrected chi connectivity index (χ2v) is 10.1. The molecule has 0 aliphatic carbocycles. The first-order valence-electron chi connectivity index (χ1n) is 13.0. The third-order valence-corrected chi connectivity index (χ3v) is 7.46. The van der Waals surface area contributed by atoms with E-state index in [1.54, 1.807) is 12.1 Å². The minimum atomic E-state index is -4.75. The van der Waals surface area contributed by atoms with E-state index in [2.05, 4.69) is 15.3 Å². The average molecular weight is 625 g/mol.